The van der Waals surface area contributed by atoms with Crippen LogP contribution in [0.1, 0.15) is 27.0 Å². The van der Waals surface area contributed by atoms with Crippen LogP contribution in [0.4, 0.5) is 5.69 Å². The normalized spacial score (nSPS) is 14.5. The van der Waals surface area contributed by atoms with E-state index in [-0.39, 0.29) is 23.9 Å². The maximum absolute atomic E-state index is 13.5. The fraction of sp³-hybridized carbons (Fsp3) is 0.310. The molecule has 0 aromatic heterocycles. The van der Waals surface area contributed by atoms with Crippen molar-refractivity contribution in [1.29, 1.82) is 0 Å². The third-order valence-corrected chi connectivity index (χ3v) is 8.47. The lowest BCUT2D eigenvalue weighted by Gasteiger charge is -2.32. The third-order valence-electron chi connectivity index (χ3n) is 6.66. The van der Waals surface area contributed by atoms with Crippen LogP contribution in [0.15, 0.2) is 77.7 Å². The molecule has 0 bridgehead atoms. The molecule has 9 heteroatoms. The van der Waals surface area contributed by atoms with Gasteiger partial charge in [-0.2, -0.15) is 4.31 Å². The summed E-state index contributed by atoms with van der Waals surface area (Å²) < 4.78 is 28.2. The predicted molar refractivity (Wildman–Crippen MR) is 148 cm³/mol. The van der Waals surface area contributed by atoms with Crippen LogP contribution in [0, 0.1) is 13.8 Å². The van der Waals surface area contributed by atoms with Gasteiger partial charge in [0, 0.05) is 44.0 Å². The molecule has 200 valence electrons. The van der Waals surface area contributed by atoms with E-state index in [0.717, 1.165) is 29.8 Å². The topological polar surface area (TPSA) is 90.0 Å². The highest BCUT2D eigenvalue weighted by Gasteiger charge is 2.27. The molecule has 1 saturated heterocycles. The maximum atomic E-state index is 13.5. The smallest absolute Gasteiger partial charge is 0.253 e. The number of anilines is 1. The molecule has 4 rings (SSSR count). The number of hydrogen-bond donors (Lipinski definition) is 1. The number of nitrogens with one attached hydrogen (secondary N) is 1. The molecule has 0 aliphatic carbocycles. The highest BCUT2D eigenvalue weighted by atomic mass is 32.2. The molecule has 0 saturated carbocycles. The second-order valence-corrected chi connectivity index (χ2v) is 11.7. The summed E-state index contributed by atoms with van der Waals surface area (Å²) in [7, 11) is -1.89. The number of piperazine rings is 1. The summed E-state index contributed by atoms with van der Waals surface area (Å²) in [5.41, 5.74) is 3.84. The molecule has 0 spiro atoms. The number of amides is 2. The van der Waals surface area contributed by atoms with Gasteiger partial charge in [0.15, 0.2) is 0 Å². The monoisotopic (exact) mass is 534 g/mol. The van der Waals surface area contributed by atoms with Gasteiger partial charge in [-0.05, 0) is 62.9 Å². The van der Waals surface area contributed by atoms with E-state index in [1.807, 2.05) is 50.1 Å². The van der Waals surface area contributed by atoms with E-state index in [9.17, 15) is 18.0 Å². The first-order chi connectivity index (χ1) is 18.1. The van der Waals surface area contributed by atoms with Crippen molar-refractivity contribution in [3.8, 4) is 0 Å². The first-order valence-electron chi connectivity index (χ1n) is 12.6. The lowest BCUT2D eigenvalue weighted by atomic mass is 10.1. The summed E-state index contributed by atoms with van der Waals surface area (Å²) in [6.45, 7) is 6.59. The molecule has 1 aliphatic heterocycles. The second-order valence-electron chi connectivity index (χ2n) is 9.79. The van der Waals surface area contributed by atoms with Crippen molar-refractivity contribution in [2.45, 2.75) is 25.3 Å². The molecule has 0 atom stereocenters. The predicted octanol–water partition coefficient (Wildman–Crippen LogP) is 3.52. The van der Waals surface area contributed by atoms with Gasteiger partial charge in [0.05, 0.1) is 11.4 Å². The van der Waals surface area contributed by atoms with Crippen molar-refractivity contribution in [3.63, 3.8) is 0 Å². The molecule has 1 fully saturated rings. The van der Waals surface area contributed by atoms with E-state index in [1.54, 1.807) is 48.5 Å². The fourth-order valence-electron chi connectivity index (χ4n) is 4.23. The minimum Gasteiger partial charge on any atom is -0.336 e. The molecular weight excluding hydrogens is 500 g/mol. The zero-order chi connectivity index (χ0) is 27.3. The molecule has 2 amide bonds. The molecule has 1 N–H and O–H groups in total. The Morgan fingerprint density at radius 1 is 0.816 bits per heavy atom. The first kappa shape index (κ1) is 27.5. The summed E-state index contributed by atoms with van der Waals surface area (Å²) in [5, 5.41) is 2.77. The summed E-state index contributed by atoms with van der Waals surface area (Å²) >= 11 is 0. The van der Waals surface area contributed by atoms with E-state index in [2.05, 4.69) is 10.2 Å². The van der Waals surface area contributed by atoms with Gasteiger partial charge in [0.1, 0.15) is 0 Å². The average Bonchev–Trinajstić information content (AvgIpc) is 2.90. The Hall–Kier alpha value is -3.53. The van der Waals surface area contributed by atoms with Crippen LogP contribution in [0.3, 0.4) is 0 Å². The number of carbonyl (C=O) groups is 2. The van der Waals surface area contributed by atoms with Gasteiger partial charge in [-0.1, -0.05) is 47.5 Å². The van der Waals surface area contributed by atoms with Gasteiger partial charge in [-0.25, -0.2) is 8.42 Å². The quantitative estimate of drug-likeness (QED) is 0.478. The number of nitrogens with zero attached hydrogens (tertiary/aromatic N) is 3. The van der Waals surface area contributed by atoms with Crippen molar-refractivity contribution < 1.29 is 18.0 Å². The van der Waals surface area contributed by atoms with E-state index in [1.165, 1.54) is 4.31 Å². The van der Waals surface area contributed by atoms with Crippen LogP contribution in [0.5, 0.6) is 0 Å². The Morgan fingerprint density at radius 3 is 1.95 bits per heavy atom. The number of benzene rings is 3. The first-order valence-corrected chi connectivity index (χ1v) is 14.1. The largest absolute Gasteiger partial charge is 0.336 e. The van der Waals surface area contributed by atoms with Crippen molar-refractivity contribution in [3.05, 3.63) is 95.1 Å². The lowest BCUT2D eigenvalue weighted by molar-refractivity contribution is -0.116. The highest BCUT2D eigenvalue weighted by molar-refractivity contribution is 7.89. The highest BCUT2D eigenvalue weighted by Crippen LogP contribution is 2.20. The van der Waals surface area contributed by atoms with Crippen molar-refractivity contribution >= 4 is 27.5 Å². The fourth-order valence-corrected chi connectivity index (χ4v) is 5.62. The van der Waals surface area contributed by atoms with Gasteiger partial charge >= 0.3 is 0 Å². The van der Waals surface area contributed by atoms with Crippen molar-refractivity contribution in [2.24, 2.45) is 0 Å². The molecule has 1 heterocycles. The van der Waals surface area contributed by atoms with E-state index >= 15 is 0 Å². The zero-order valence-corrected chi connectivity index (χ0v) is 22.9. The van der Waals surface area contributed by atoms with Crippen molar-refractivity contribution in [1.82, 2.24) is 14.1 Å². The number of likely N-dealkylation sites (N-methyl/N-ethyl adjacent to an activating group) is 1. The van der Waals surface area contributed by atoms with Gasteiger partial charge in [-0.15, -0.1) is 0 Å². The Labute approximate surface area is 224 Å². The van der Waals surface area contributed by atoms with Crippen LogP contribution in [0.25, 0.3) is 0 Å². The van der Waals surface area contributed by atoms with Gasteiger partial charge < -0.3 is 15.1 Å². The molecular formula is C29H34N4O4S. The molecule has 3 aromatic rings. The Morgan fingerprint density at radius 2 is 1.37 bits per heavy atom. The lowest BCUT2D eigenvalue weighted by Crippen LogP contribution is -2.47. The second kappa shape index (κ2) is 11.9. The van der Waals surface area contributed by atoms with Crippen LogP contribution >= 0.6 is 0 Å². The minimum atomic E-state index is -3.93. The standard InChI is InChI=1S/C29H34N4O4S/c1-22-4-8-24(9-5-22)20-33(38(36,37)27-14-6-23(2)7-15-27)21-28(34)30-26-12-10-25(11-13-26)29(35)32-18-16-31(3)17-19-32/h4-15H,16-21H2,1-3H3,(H,30,34). The number of rotatable bonds is 8. The Bertz CT molecular complexity index is 1360. The summed E-state index contributed by atoms with van der Waals surface area (Å²) in [6.07, 6.45) is 0. The van der Waals surface area contributed by atoms with Crippen LogP contribution < -0.4 is 5.32 Å². The third kappa shape index (κ3) is 6.86. The van der Waals surface area contributed by atoms with E-state index in [0.29, 0.717) is 24.3 Å². The maximum Gasteiger partial charge on any atom is 0.253 e. The average molecular weight is 535 g/mol. The molecule has 38 heavy (non-hydrogen) atoms. The molecule has 1 aliphatic rings. The van der Waals surface area contributed by atoms with Gasteiger partial charge in [0.25, 0.3) is 5.91 Å². The SMILES string of the molecule is Cc1ccc(CN(CC(=O)Nc2ccc(C(=O)N3CCN(C)CC3)cc2)S(=O)(=O)c2ccc(C)cc2)cc1. The number of carbonyl (C=O) groups excluding carboxylic acids is 2. The number of aryl methyl sites for hydroxylation is 2. The van der Waals surface area contributed by atoms with Gasteiger partial charge in [0.2, 0.25) is 15.9 Å². The van der Waals surface area contributed by atoms with Crippen LogP contribution in [-0.2, 0) is 21.4 Å². The number of sulfonamides is 1. The Balaban J connectivity index is 1.47. The van der Waals surface area contributed by atoms with Crippen LogP contribution in [0.2, 0.25) is 0 Å². The van der Waals surface area contributed by atoms with E-state index in [4.69, 9.17) is 0 Å². The summed E-state index contributed by atoms with van der Waals surface area (Å²) in [6, 6.07) is 20.8. The van der Waals surface area contributed by atoms with Gasteiger partial charge in [-0.3, -0.25) is 9.59 Å². The van der Waals surface area contributed by atoms with E-state index < -0.39 is 15.9 Å². The molecule has 0 radical (unpaired) electrons. The Kier molecular flexibility index (Phi) is 8.61. The molecule has 8 nitrogen and oxygen atoms in total. The van der Waals surface area contributed by atoms with Crippen molar-refractivity contribution in [2.75, 3.05) is 45.1 Å². The summed E-state index contributed by atoms with van der Waals surface area (Å²) in [5.74, 6) is -0.504. The molecule has 0 unspecified atom stereocenters. The van der Waals surface area contributed by atoms with Crippen LogP contribution in [-0.4, -0.2) is 74.1 Å². The number of hydrogen-bond acceptors (Lipinski definition) is 5. The zero-order valence-electron chi connectivity index (χ0n) is 22.1. The molecule has 3 aromatic carbocycles. The summed E-state index contributed by atoms with van der Waals surface area (Å²) in [4.78, 5) is 29.9. The minimum absolute atomic E-state index is 0.0376.